The smallest absolute Gasteiger partial charge is 1.00 e. The largest absolute Gasteiger partial charge is 1.00 e. The Morgan fingerprint density at radius 3 is 1.45 bits per heavy atom. The van der Waals surface area contributed by atoms with Gasteiger partial charge in [-0.3, -0.25) is 0 Å². The maximum Gasteiger partial charge on any atom is 1.00 e. The van der Waals surface area contributed by atoms with Crippen molar-refractivity contribution in [2.45, 2.75) is 77.6 Å². The van der Waals surface area contributed by atoms with Crippen molar-refractivity contribution in [1.29, 1.82) is 0 Å². The Bertz CT molecular complexity index is 576. The summed E-state index contributed by atoms with van der Waals surface area (Å²) < 4.78 is 0. The number of unbranched alkanes of at least 4 members (excludes halogenated alkanes) is 10. The van der Waals surface area contributed by atoms with Crippen molar-refractivity contribution in [3.05, 3.63) is 77.9 Å². The van der Waals surface area contributed by atoms with Gasteiger partial charge in [0.1, 0.15) is 0 Å². The Morgan fingerprint density at radius 2 is 1.03 bits per heavy atom. The number of allylic oxidation sites excluding steroid dienone is 1. The van der Waals surface area contributed by atoms with E-state index in [1.165, 1.54) is 87.3 Å². The van der Waals surface area contributed by atoms with E-state index in [9.17, 15) is 0 Å². The van der Waals surface area contributed by atoms with Crippen molar-refractivity contribution >= 4 is 28.9 Å². The van der Waals surface area contributed by atoms with E-state index < -0.39 is 0 Å². The predicted molar refractivity (Wildman–Crippen MR) is 136 cm³/mol. The van der Waals surface area contributed by atoms with Crippen molar-refractivity contribution < 1.29 is 31.0 Å². The number of benzene rings is 2. The fraction of sp³-hybridized carbons (Fsp3) is 0.462. The summed E-state index contributed by atoms with van der Waals surface area (Å²) >= 11 is 6.44. The molecule has 0 amide bonds. The van der Waals surface area contributed by atoms with Gasteiger partial charge >= 0.3 is 29.6 Å². The van der Waals surface area contributed by atoms with Crippen LogP contribution in [0.15, 0.2) is 66.7 Å². The van der Waals surface area contributed by atoms with Gasteiger partial charge in [-0.05, 0) is 29.5 Å². The van der Waals surface area contributed by atoms with Crippen LogP contribution in [0.3, 0.4) is 0 Å². The number of hydrogen-bond acceptors (Lipinski definition) is 2. The maximum atomic E-state index is 3.22. The number of rotatable bonds is 13. The van der Waals surface area contributed by atoms with Crippen molar-refractivity contribution in [2.24, 2.45) is 0 Å². The Labute approximate surface area is 214 Å². The average Bonchev–Trinajstić information content (AvgIpc) is 2.77. The minimum absolute atomic E-state index is 0. The summed E-state index contributed by atoms with van der Waals surface area (Å²) in [4.78, 5) is 0. The monoisotopic (exact) mass is 438 g/mol. The molecule has 29 heavy (non-hydrogen) atoms. The summed E-state index contributed by atoms with van der Waals surface area (Å²) in [6.45, 7) is 2.29. The van der Waals surface area contributed by atoms with Gasteiger partial charge in [0.25, 0.3) is 0 Å². The van der Waals surface area contributed by atoms with Crippen LogP contribution in [0, 0.1) is 0 Å². The minimum Gasteiger partial charge on any atom is -1.00 e. The van der Waals surface area contributed by atoms with Crippen LogP contribution >= 0.6 is 23.3 Å². The fourth-order valence-electron chi connectivity index (χ4n) is 3.52. The molecule has 0 aromatic heterocycles. The zero-order valence-electron chi connectivity index (χ0n) is 19.5. The van der Waals surface area contributed by atoms with E-state index in [1.54, 1.807) is 0 Å². The molecule has 2 aromatic carbocycles. The van der Waals surface area contributed by atoms with Crippen LogP contribution in [0.1, 0.15) is 90.1 Å². The third-order valence-electron chi connectivity index (χ3n) is 5.08. The minimum atomic E-state index is 0. The standard InChI is InChI=1S/C26H36.Na.H2S2.H/c1-2-3-4-5-6-7-8-9-10-11-18-23-26(24-19-14-12-15-20-24)25-21-16-13-17-22-25;;1-2;/h12-17,19-23H,2-11,18H2,1H3;;1-2H;/q;+1;;-1. The summed E-state index contributed by atoms with van der Waals surface area (Å²) in [6, 6.07) is 21.6. The molecule has 0 aliphatic carbocycles. The first-order valence-electron chi connectivity index (χ1n) is 10.9. The van der Waals surface area contributed by atoms with E-state index in [0.29, 0.717) is 0 Å². The topological polar surface area (TPSA) is 0 Å². The first kappa shape index (κ1) is 28.9. The van der Waals surface area contributed by atoms with Gasteiger partial charge in [0.15, 0.2) is 0 Å². The molecule has 0 radical (unpaired) electrons. The van der Waals surface area contributed by atoms with Gasteiger partial charge in [-0.15, -0.1) is 23.3 Å². The normalized spacial score (nSPS) is 9.76. The molecule has 0 fully saturated rings. The molecular weight excluding hydrogens is 399 g/mol. The van der Waals surface area contributed by atoms with Crippen molar-refractivity contribution in [1.82, 2.24) is 0 Å². The third kappa shape index (κ3) is 13.7. The second-order valence-corrected chi connectivity index (χ2v) is 7.32. The summed E-state index contributed by atoms with van der Waals surface area (Å²) in [6.07, 6.45) is 17.6. The molecule has 0 heterocycles. The zero-order valence-corrected chi connectivity index (χ0v) is 22.3. The molecule has 0 unspecified atom stereocenters. The second-order valence-electron chi connectivity index (χ2n) is 7.32. The van der Waals surface area contributed by atoms with Crippen molar-refractivity contribution in [3.8, 4) is 0 Å². The van der Waals surface area contributed by atoms with Crippen LogP contribution in [0.25, 0.3) is 5.57 Å². The SMILES string of the molecule is CCCCCCCCCCCCC=C(c1ccccc1)c1ccccc1.SS.[H-].[Na+]. The first-order valence-corrected chi connectivity index (χ1v) is 12.5. The molecule has 2 aromatic rings. The Balaban J connectivity index is 0. The van der Waals surface area contributed by atoms with Gasteiger partial charge in [-0.2, -0.15) is 0 Å². The molecule has 0 N–H and O–H groups in total. The molecule has 2 rings (SSSR count). The molecule has 0 bridgehead atoms. The first-order chi connectivity index (χ1) is 13.9. The predicted octanol–water partition coefficient (Wildman–Crippen LogP) is 6.31. The van der Waals surface area contributed by atoms with Crippen LogP contribution in [0.5, 0.6) is 0 Å². The van der Waals surface area contributed by atoms with Crippen molar-refractivity contribution in [2.75, 3.05) is 0 Å². The van der Waals surface area contributed by atoms with Crippen LogP contribution in [0.4, 0.5) is 0 Å². The van der Waals surface area contributed by atoms with Crippen LogP contribution in [-0.4, -0.2) is 0 Å². The fourth-order valence-corrected chi connectivity index (χ4v) is 3.52. The molecule has 156 valence electrons. The second kappa shape index (κ2) is 21.1. The molecule has 0 aliphatic heterocycles. The molecule has 0 aliphatic rings. The summed E-state index contributed by atoms with van der Waals surface area (Å²) in [5.41, 5.74) is 4.03. The average molecular weight is 439 g/mol. The van der Waals surface area contributed by atoms with Gasteiger partial charge < -0.3 is 1.43 Å². The van der Waals surface area contributed by atoms with Gasteiger partial charge in [-0.1, -0.05) is 131 Å². The quantitative estimate of drug-likeness (QED) is 0.156. The van der Waals surface area contributed by atoms with E-state index in [2.05, 4.69) is 97.0 Å². The maximum absolute atomic E-state index is 3.22. The van der Waals surface area contributed by atoms with Gasteiger partial charge in [0, 0.05) is 0 Å². The summed E-state index contributed by atoms with van der Waals surface area (Å²) in [7, 11) is 0. The molecule has 0 spiro atoms. The van der Waals surface area contributed by atoms with Gasteiger partial charge in [-0.25, -0.2) is 0 Å². The van der Waals surface area contributed by atoms with E-state index in [4.69, 9.17) is 0 Å². The molecule has 0 saturated carbocycles. The molecule has 0 nitrogen and oxygen atoms in total. The van der Waals surface area contributed by atoms with Gasteiger partial charge in [0.2, 0.25) is 0 Å². The zero-order chi connectivity index (χ0) is 20.3. The molecule has 3 heteroatoms. The third-order valence-corrected chi connectivity index (χ3v) is 5.08. The Kier molecular flexibility index (Phi) is 21.0. The summed E-state index contributed by atoms with van der Waals surface area (Å²) in [5.74, 6) is 0. The van der Waals surface area contributed by atoms with Crippen molar-refractivity contribution in [3.63, 3.8) is 0 Å². The van der Waals surface area contributed by atoms with E-state index in [1.807, 2.05) is 0 Å². The number of hydrogen-bond donors (Lipinski definition) is 2. The van der Waals surface area contributed by atoms with E-state index in [0.717, 1.165) is 0 Å². The van der Waals surface area contributed by atoms with E-state index >= 15 is 0 Å². The molecule has 0 atom stereocenters. The van der Waals surface area contributed by atoms with E-state index in [-0.39, 0.29) is 31.0 Å². The summed E-state index contributed by atoms with van der Waals surface area (Å²) in [5, 5.41) is 0. The molecular formula is C26H39NaS2. The Hall–Kier alpha value is -0.120. The number of thiol groups is 2. The van der Waals surface area contributed by atoms with Crippen LogP contribution in [-0.2, 0) is 0 Å². The molecule has 0 saturated heterocycles. The van der Waals surface area contributed by atoms with Gasteiger partial charge in [0.05, 0.1) is 0 Å². The van der Waals surface area contributed by atoms with Crippen LogP contribution in [0.2, 0.25) is 0 Å². The van der Waals surface area contributed by atoms with Crippen LogP contribution < -0.4 is 29.6 Å². The Morgan fingerprint density at radius 1 is 0.655 bits per heavy atom.